The molecule has 1 aromatic carbocycles. The average molecular weight is 520 g/mol. The molecule has 1 fully saturated rings. The van der Waals surface area contributed by atoms with E-state index in [0.717, 1.165) is 37.2 Å². The largest absolute Gasteiger partial charge is 0.433 e. The Balaban J connectivity index is 1.53. The lowest BCUT2D eigenvalue weighted by Gasteiger charge is -2.41. The predicted octanol–water partition coefficient (Wildman–Crippen LogP) is 5.49. The summed E-state index contributed by atoms with van der Waals surface area (Å²) in [5.41, 5.74) is -0.934. The molecule has 196 valence electrons. The third-order valence-electron chi connectivity index (χ3n) is 8.35. The molecule has 0 saturated heterocycles. The SMILES string of the molecule is CCN(C[C@@]12CC[C@@H](c3cc(-c4c(F)cccc4F)nnc31)C2(C)C)C(=O)c1cc(C(F)(F)F)n(C)n1. The van der Waals surface area contributed by atoms with Gasteiger partial charge in [-0.2, -0.15) is 28.5 Å². The lowest BCUT2D eigenvalue weighted by Crippen LogP contribution is -2.48. The molecule has 6 nitrogen and oxygen atoms in total. The summed E-state index contributed by atoms with van der Waals surface area (Å²) < 4.78 is 69.4. The molecule has 2 aliphatic carbocycles. The molecule has 0 aliphatic heterocycles. The van der Waals surface area contributed by atoms with E-state index in [1.54, 1.807) is 13.0 Å². The fourth-order valence-corrected chi connectivity index (χ4v) is 6.29. The Bertz CT molecular complexity index is 1380. The van der Waals surface area contributed by atoms with Gasteiger partial charge in [-0.1, -0.05) is 19.9 Å². The van der Waals surface area contributed by atoms with Crippen LogP contribution in [0.5, 0.6) is 0 Å². The molecule has 0 radical (unpaired) electrons. The number of alkyl halides is 3. The molecule has 2 bridgehead atoms. The molecule has 1 amide bonds. The molecule has 0 spiro atoms. The Morgan fingerprint density at radius 1 is 1.16 bits per heavy atom. The molecular weight excluding hydrogens is 493 g/mol. The van der Waals surface area contributed by atoms with Crippen LogP contribution in [0.25, 0.3) is 11.3 Å². The fourth-order valence-electron chi connectivity index (χ4n) is 6.29. The van der Waals surface area contributed by atoms with Crippen LogP contribution in [-0.4, -0.2) is 43.9 Å². The van der Waals surface area contributed by atoms with Gasteiger partial charge in [-0.3, -0.25) is 9.48 Å². The predicted molar refractivity (Wildman–Crippen MR) is 125 cm³/mol. The maximum Gasteiger partial charge on any atom is 0.433 e. The number of aryl methyl sites for hydroxylation is 1. The number of nitrogens with zero attached hydrogens (tertiary/aromatic N) is 5. The number of carbonyl (C=O) groups is 1. The first-order valence-corrected chi connectivity index (χ1v) is 12.0. The van der Waals surface area contributed by atoms with E-state index in [9.17, 15) is 26.7 Å². The van der Waals surface area contributed by atoms with Gasteiger partial charge in [-0.25, -0.2) is 8.78 Å². The Kier molecular flexibility index (Phi) is 5.69. The van der Waals surface area contributed by atoms with E-state index in [1.807, 2.05) is 0 Å². The number of fused-ring (bicyclic) bond motifs is 5. The van der Waals surface area contributed by atoms with Crippen molar-refractivity contribution in [2.24, 2.45) is 12.5 Å². The topological polar surface area (TPSA) is 63.9 Å². The van der Waals surface area contributed by atoms with Gasteiger partial charge in [0.25, 0.3) is 5.91 Å². The molecule has 3 aromatic rings. The molecule has 1 saturated carbocycles. The number of rotatable bonds is 5. The van der Waals surface area contributed by atoms with Crippen LogP contribution in [0.2, 0.25) is 0 Å². The van der Waals surface area contributed by atoms with Crippen LogP contribution in [0.1, 0.15) is 67.0 Å². The van der Waals surface area contributed by atoms with Crippen molar-refractivity contribution in [3.05, 3.63) is 64.6 Å². The monoisotopic (exact) mass is 519 g/mol. The standard InChI is InChI=1S/C26H26F5N5O/c1-5-36(23(37)19-12-20(26(29,30)31)35(4)34-19)13-25-10-9-15(24(25,2)3)14-11-18(32-33-22(14)25)21-16(27)7-6-8-17(21)28/h6-8,11-12,15H,5,9-10,13H2,1-4H3/t15-,25-/m0/s1. The van der Waals surface area contributed by atoms with Crippen molar-refractivity contribution in [2.75, 3.05) is 13.1 Å². The second-order valence-corrected chi connectivity index (χ2v) is 10.4. The second-order valence-electron chi connectivity index (χ2n) is 10.4. The molecule has 2 aromatic heterocycles. The van der Waals surface area contributed by atoms with E-state index in [2.05, 4.69) is 29.1 Å². The third kappa shape index (κ3) is 3.65. The normalized spacial score (nSPS) is 21.8. The van der Waals surface area contributed by atoms with Crippen LogP contribution in [0, 0.1) is 17.0 Å². The van der Waals surface area contributed by atoms with E-state index in [0.29, 0.717) is 16.8 Å². The smallest absolute Gasteiger partial charge is 0.337 e. The number of carbonyl (C=O) groups excluding carboxylic acids is 1. The second kappa shape index (κ2) is 8.32. The van der Waals surface area contributed by atoms with Gasteiger partial charge < -0.3 is 4.90 Å². The van der Waals surface area contributed by atoms with Crippen LogP contribution in [0.4, 0.5) is 22.0 Å². The van der Waals surface area contributed by atoms with Crippen LogP contribution < -0.4 is 0 Å². The summed E-state index contributed by atoms with van der Waals surface area (Å²) in [6.07, 6.45) is -3.16. The van der Waals surface area contributed by atoms with Gasteiger partial charge in [-0.15, -0.1) is 0 Å². The first-order chi connectivity index (χ1) is 17.3. The van der Waals surface area contributed by atoms with Crippen molar-refractivity contribution in [1.82, 2.24) is 24.9 Å². The number of amides is 1. The molecule has 5 rings (SSSR count). The Morgan fingerprint density at radius 3 is 2.43 bits per heavy atom. The number of benzene rings is 1. The quantitative estimate of drug-likeness (QED) is 0.418. The van der Waals surface area contributed by atoms with E-state index < -0.39 is 34.8 Å². The van der Waals surface area contributed by atoms with Crippen molar-refractivity contribution in [2.45, 2.75) is 51.1 Å². The van der Waals surface area contributed by atoms with E-state index >= 15 is 0 Å². The van der Waals surface area contributed by atoms with E-state index in [4.69, 9.17) is 0 Å². The molecule has 0 unspecified atom stereocenters. The number of aromatic nitrogens is 4. The van der Waals surface area contributed by atoms with Crippen LogP contribution in [0.15, 0.2) is 30.3 Å². The first-order valence-electron chi connectivity index (χ1n) is 12.0. The van der Waals surface area contributed by atoms with E-state index in [-0.39, 0.29) is 41.4 Å². The van der Waals surface area contributed by atoms with Gasteiger partial charge in [0.15, 0.2) is 5.69 Å². The molecule has 11 heteroatoms. The lowest BCUT2D eigenvalue weighted by atomic mass is 9.68. The molecule has 0 N–H and O–H groups in total. The van der Waals surface area contributed by atoms with Crippen LogP contribution >= 0.6 is 0 Å². The molecule has 37 heavy (non-hydrogen) atoms. The zero-order valence-corrected chi connectivity index (χ0v) is 20.8. The third-order valence-corrected chi connectivity index (χ3v) is 8.35. The van der Waals surface area contributed by atoms with Crippen molar-refractivity contribution < 1.29 is 26.7 Å². The molecule has 2 aliphatic rings. The van der Waals surface area contributed by atoms with Crippen molar-refractivity contribution in [1.29, 1.82) is 0 Å². The minimum Gasteiger partial charge on any atom is -0.337 e. The van der Waals surface area contributed by atoms with E-state index in [1.165, 1.54) is 11.0 Å². The van der Waals surface area contributed by atoms with Gasteiger partial charge >= 0.3 is 6.18 Å². The average Bonchev–Trinajstić information content (AvgIpc) is 3.40. The summed E-state index contributed by atoms with van der Waals surface area (Å²) >= 11 is 0. The van der Waals surface area contributed by atoms with Gasteiger partial charge in [0.2, 0.25) is 0 Å². The molecule has 2 atom stereocenters. The summed E-state index contributed by atoms with van der Waals surface area (Å²) in [4.78, 5) is 14.8. The lowest BCUT2D eigenvalue weighted by molar-refractivity contribution is -0.143. The number of halogens is 5. The number of hydrogen-bond acceptors (Lipinski definition) is 4. The zero-order chi connectivity index (χ0) is 26.9. The maximum atomic E-state index is 14.4. The van der Waals surface area contributed by atoms with Gasteiger partial charge in [0.1, 0.15) is 17.3 Å². The maximum absolute atomic E-state index is 14.4. The van der Waals surface area contributed by atoms with Crippen molar-refractivity contribution in [3.8, 4) is 11.3 Å². The summed E-state index contributed by atoms with van der Waals surface area (Å²) in [5, 5.41) is 12.5. The van der Waals surface area contributed by atoms with Crippen molar-refractivity contribution >= 4 is 5.91 Å². The van der Waals surface area contributed by atoms with Gasteiger partial charge in [-0.05, 0) is 54.9 Å². The van der Waals surface area contributed by atoms with Gasteiger partial charge in [0.05, 0.1) is 17.0 Å². The number of hydrogen-bond donors (Lipinski definition) is 0. The first kappa shape index (κ1) is 25.3. The highest BCUT2D eigenvalue weighted by molar-refractivity contribution is 5.92. The minimum atomic E-state index is -4.63. The Labute approximate surface area is 210 Å². The van der Waals surface area contributed by atoms with Crippen LogP contribution in [-0.2, 0) is 18.6 Å². The highest BCUT2D eigenvalue weighted by atomic mass is 19.4. The van der Waals surface area contributed by atoms with Gasteiger partial charge in [0, 0.05) is 31.6 Å². The molecule has 2 heterocycles. The molecular formula is C26H26F5N5O. The minimum absolute atomic E-state index is 0.0204. The summed E-state index contributed by atoms with van der Waals surface area (Å²) in [5.74, 6) is -2.05. The Hall–Kier alpha value is -3.37. The zero-order valence-electron chi connectivity index (χ0n) is 20.8. The highest BCUT2D eigenvalue weighted by Gasteiger charge is 2.64. The van der Waals surface area contributed by atoms with Crippen molar-refractivity contribution in [3.63, 3.8) is 0 Å². The number of likely N-dealkylation sites (N-methyl/N-ethyl adjacent to an activating group) is 1. The highest BCUT2D eigenvalue weighted by Crippen LogP contribution is 2.67. The summed E-state index contributed by atoms with van der Waals surface area (Å²) in [7, 11) is 1.15. The summed E-state index contributed by atoms with van der Waals surface area (Å²) in [6, 6.07) is 6.06. The Morgan fingerprint density at radius 2 is 1.84 bits per heavy atom. The summed E-state index contributed by atoms with van der Waals surface area (Å²) in [6.45, 7) is 6.35. The fraction of sp³-hybridized carbons (Fsp3) is 0.462. The van der Waals surface area contributed by atoms with Crippen LogP contribution in [0.3, 0.4) is 0 Å².